The Morgan fingerprint density at radius 1 is 1.10 bits per heavy atom. The summed E-state index contributed by atoms with van der Waals surface area (Å²) in [5, 5.41) is 14.5. The highest BCUT2D eigenvalue weighted by Crippen LogP contribution is 2.39. The predicted molar refractivity (Wildman–Crippen MR) is 74.9 cm³/mol. The SMILES string of the molecule is O=C([O-])[C@@H]1[C@@H](C(=O)Nc2ccc(Cl)c(Cl)c2)[C@H]2C=C[C@@H]1O2. The van der Waals surface area contributed by atoms with Gasteiger partial charge < -0.3 is 20.0 Å². The summed E-state index contributed by atoms with van der Waals surface area (Å²) in [4.78, 5) is 23.5. The summed E-state index contributed by atoms with van der Waals surface area (Å²) in [6.07, 6.45) is 2.20. The van der Waals surface area contributed by atoms with E-state index in [2.05, 4.69) is 5.32 Å². The second-order valence-electron chi connectivity index (χ2n) is 4.94. The van der Waals surface area contributed by atoms with Gasteiger partial charge >= 0.3 is 0 Å². The van der Waals surface area contributed by atoms with Crippen molar-refractivity contribution < 1.29 is 19.4 Å². The Balaban J connectivity index is 1.80. The fourth-order valence-electron chi connectivity index (χ4n) is 2.70. The molecule has 1 N–H and O–H groups in total. The zero-order valence-electron chi connectivity index (χ0n) is 10.6. The number of rotatable bonds is 3. The molecule has 5 nitrogen and oxygen atoms in total. The molecular formula is C14H10Cl2NO4-. The highest BCUT2D eigenvalue weighted by Gasteiger charge is 2.50. The molecule has 0 aromatic heterocycles. The second kappa shape index (κ2) is 5.33. The molecule has 7 heteroatoms. The van der Waals surface area contributed by atoms with Crippen molar-refractivity contribution in [1.29, 1.82) is 0 Å². The molecule has 0 radical (unpaired) electrons. The van der Waals surface area contributed by atoms with Crippen LogP contribution in [0.2, 0.25) is 10.0 Å². The van der Waals surface area contributed by atoms with Crippen LogP contribution < -0.4 is 10.4 Å². The zero-order valence-corrected chi connectivity index (χ0v) is 12.1. The van der Waals surface area contributed by atoms with Crippen LogP contribution in [0.4, 0.5) is 5.69 Å². The molecule has 0 saturated carbocycles. The minimum Gasteiger partial charge on any atom is -0.550 e. The molecule has 0 aliphatic carbocycles. The number of amides is 1. The quantitative estimate of drug-likeness (QED) is 0.848. The molecule has 2 aliphatic heterocycles. The molecule has 3 rings (SSSR count). The van der Waals surface area contributed by atoms with Gasteiger partial charge in [0, 0.05) is 17.6 Å². The minimum atomic E-state index is -1.29. The fraction of sp³-hybridized carbons (Fsp3) is 0.286. The number of hydrogen-bond acceptors (Lipinski definition) is 4. The molecule has 2 aliphatic rings. The van der Waals surface area contributed by atoms with Gasteiger partial charge in [0.1, 0.15) is 0 Å². The number of carbonyl (C=O) groups is 2. The Labute approximate surface area is 130 Å². The van der Waals surface area contributed by atoms with Gasteiger partial charge in [-0.15, -0.1) is 0 Å². The summed E-state index contributed by atoms with van der Waals surface area (Å²) >= 11 is 11.7. The summed E-state index contributed by atoms with van der Waals surface area (Å²) in [6.45, 7) is 0. The van der Waals surface area contributed by atoms with Crippen LogP contribution in [0.25, 0.3) is 0 Å². The number of benzene rings is 1. The van der Waals surface area contributed by atoms with Crippen molar-refractivity contribution in [3.63, 3.8) is 0 Å². The highest BCUT2D eigenvalue weighted by molar-refractivity contribution is 6.42. The number of carboxylic acid groups (broad SMARTS) is 1. The lowest BCUT2D eigenvalue weighted by molar-refractivity contribution is -0.313. The third-order valence-electron chi connectivity index (χ3n) is 3.66. The van der Waals surface area contributed by atoms with E-state index in [1.807, 2.05) is 0 Å². The summed E-state index contributed by atoms with van der Waals surface area (Å²) in [5.74, 6) is -3.54. The van der Waals surface area contributed by atoms with Crippen molar-refractivity contribution in [2.75, 3.05) is 5.32 Å². The third kappa shape index (κ3) is 2.52. The van der Waals surface area contributed by atoms with Crippen LogP contribution in [0.15, 0.2) is 30.4 Å². The lowest BCUT2D eigenvalue weighted by Gasteiger charge is -2.25. The van der Waals surface area contributed by atoms with E-state index in [4.69, 9.17) is 27.9 Å². The van der Waals surface area contributed by atoms with E-state index in [1.54, 1.807) is 24.3 Å². The van der Waals surface area contributed by atoms with E-state index in [1.165, 1.54) is 6.07 Å². The minimum absolute atomic E-state index is 0.301. The maximum absolute atomic E-state index is 12.3. The topological polar surface area (TPSA) is 78.5 Å². The smallest absolute Gasteiger partial charge is 0.231 e. The number of nitrogens with one attached hydrogen (secondary N) is 1. The highest BCUT2D eigenvalue weighted by atomic mass is 35.5. The Morgan fingerprint density at radius 3 is 2.38 bits per heavy atom. The summed E-state index contributed by atoms with van der Waals surface area (Å²) in [5.41, 5.74) is 0.443. The van der Waals surface area contributed by atoms with Crippen molar-refractivity contribution >= 4 is 40.8 Å². The summed E-state index contributed by atoms with van der Waals surface area (Å²) in [6, 6.07) is 4.64. The van der Waals surface area contributed by atoms with Gasteiger partial charge in [0.15, 0.2) is 0 Å². The van der Waals surface area contributed by atoms with Crippen LogP contribution in [-0.2, 0) is 14.3 Å². The van der Waals surface area contributed by atoms with E-state index < -0.39 is 35.9 Å². The number of carboxylic acids is 1. The first-order valence-electron chi connectivity index (χ1n) is 6.28. The van der Waals surface area contributed by atoms with Gasteiger partial charge in [-0.3, -0.25) is 4.79 Å². The number of aliphatic carboxylic acids is 1. The molecule has 1 amide bonds. The Bertz CT molecular complexity index is 646. The molecule has 0 unspecified atom stereocenters. The van der Waals surface area contributed by atoms with Crippen molar-refractivity contribution in [3.8, 4) is 0 Å². The molecule has 110 valence electrons. The van der Waals surface area contributed by atoms with Gasteiger partial charge in [-0.05, 0) is 18.2 Å². The average Bonchev–Trinajstić information content (AvgIpc) is 3.03. The average molecular weight is 327 g/mol. The molecule has 0 spiro atoms. The monoisotopic (exact) mass is 326 g/mol. The van der Waals surface area contributed by atoms with E-state index in [9.17, 15) is 14.7 Å². The van der Waals surface area contributed by atoms with E-state index >= 15 is 0 Å². The van der Waals surface area contributed by atoms with Crippen molar-refractivity contribution in [2.24, 2.45) is 11.8 Å². The molecule has 4 atom stereocenters. The van der Waals surface area contributed by atoms with Crippen molar-refractivity contribution in [2.45, 2.75) is 12.2 Å². The van der Waals surface area contributed by atoms with Gasteiger partial charge in [-0.25, -0.2) is 0 Å². The Kier molecular flexibility index (Phi) is 3.65. The van der Waals surface area contributed by atoms with Gasteiger partial charge in [-0.2, -0.15) is 0 Å². The van der Waals surface area contributed by atoms with Gasteiger partial charge in [0.2, 0.25) is 5.91 Å². The van der Waals surface area contributed by atoms with Gasteiger partial charge in [0.05, 0.1) is 28.2 Å². The van der Waals surface area contributed by atoms with Crippen molar-refractivity contribution in [1.82, 2.24) is 0 Å². The maximum atomic E-state index is 12.3. The number of anilines is 1. The first kappa shape index (κ1) is 14.4. The Hall–Kier alpha value is -1.56. The maximum Gasteiger partial charge on any atom is 0.231 e. The number of ether oxygens (including phenoxy) is 1. The standard InChI is InChI=1S/C14H11Cl2NO4/c15-7-2-1-6(5-8(7)16)17-13(18)11-9-3-4-10(21-9)12(11)14(19)20/h1-5,9-12H,(H,17,18)(H,19,20)/p-1/t9-,10+,11+,12+/m1/s1. The third-order valence-corrected chi connectivity index (χ3v) is 4.40. The van der Waals surface area contributed by atoms with E-state index in [0.717, 1.165) is 0 Å². The summed E-state index contributed by atoms with van der Waals surface area (Å²) in [7, 11) is 0. The van der Waals surface area contributed by atoms with Crippen LogP contribution in [0.3, 0.4) is 0 Å². The number of halogens is 2. The lowest BCUT2D eigenvalue weighted by Crippen LogP contribution is -2.45. The van der Waals surface area contributed by atoms with E-state index in [0.29, 0.717) is 15.7 Å². The van der Waals surface area contributed by atoms with Crippen LogP contribution in [-0.4, -0.2) is 24.1 Å². The predicted octanol–water partition coefficient (Wildman–Crippen LogP) is 1.25. The molecule has 1 aromatic rings. The molecule has 21 heavy (non-hydrogen) atoms. The van der Waals surface area contributed by atoms with Crippen LogP contribution in [0.5, 0.6) is 0 Å². The first-order valence-corrected chi connectivity index (χ1v) is 7.03. The van der Waals surface area contributed by atoms with Crippen LogP contribution >= 0.6 is 23.2 Å². The molecule has 2 bridgehead atoms. The van der Waals surface area contributed by atoms with Gasteiger partial charge in [-0.1, -0.05) is 35.4 Å². The molecule has 2 heterocycles. The molecular weight excluding hydrogens is 317 g/mol. The summed E-state index contributed by atoms with van der Waals surface area (Å²) < 4.78 is 5.42. The fourth-order valence-corrected chi connectivity index (χ4v) is 3.00. The first-order chi connectivity index (χ1) is 9.97. The largest absolute Gasteiger partial charge is 0.550 e. The van der Waals surface area contributed by atoms with Crippen molar-refractivity contribution in [3.05, 3.63) is 40.4 Å². The lowest BCUT2D eigenvalue weighted by atomic mass is 9.82. The number of carbonyl (C=O) groups excluding carboxylic acids is 2. The molecule has 1 fully saturated rings. The molecule has 1 saturated heterocycles. The Morgan fingerprint density at radius 2 is 1.76 bits per heavy atom. The van der Waals surface area contributed by atoms with Crippen LogP contribution in [0, 0.1) is 11.8 Å². The number of hydrogen-bond donors (Lipinski definition) is 1. The zero-order chi connectivity index (χ0) is 15.1. The van der Waals surface area contributed by atoms with E-state index in [-0.39, 0.29) is 0 Å². The van der Waals surface area contributed by atoms with Crippen LogP contribution in [0.1, 0.15) is 0 Å². The van der Waals surface area contributed by atoms with Gasteiger partial charge in [0.25, 0.3) is 0 Å². The second-order valence-corrected chi connectivity index (χ2v) is 5.75. The number of fused-ring (bicyclic) bond motifs is 2. The molecule has 1 aromatic carbocycles. The normalized spacial score (nSPS) is 29.6.